The molecule has 0 saturated carbocycles. The number of nitrogens with zero attached hydrogens (tertiary/aromatic N) is 1. The largest absolute Gasteiger partial charge is 0.320 e. The first-order valence-electron chi connectivity index (χ1n) is 12.5. The van der Waals surface area contributed by atoms with Crippen LogP contribution in [0.1, 0.15) is 60.9 Å². The van der Waals surface area contributed by atoms with Crippen molar-refractivity contribution in [3.63, 3.8) is 0 Å². The second-order valence-electron chi connectivity index (χ2n) is 9.71. The molecule has 1 saturated heterocycles. The highest BCUT2D eigenvalue weighted by atomic mass is 19.1. The highest BCUT2D eigenvalue weighted by Crippen LogP contribution is 2.43. The number of amides is 1. The summed E-state index contributed by atoms with van der Waals surface area (Å²) in [5.74, 6) is -0.154. The number of halogens is 1. The molecule has 1 fully saturated rings. The summed E-state index contributed by atoms with van der Waals surface area (Å²) in [7, 11) is 0. The van der Waals surface area contributed by atoms with Crippen molar-refractivity contribution in [2.75, 3.05) is 11.9 Å². The summed E-state index contributed by atoms with van der Waals surface area (Å²) in [6, 6.07) is 23.6. The first kappa shape index (κ1) is 24.2. The lowest BCUT2D eigenvalue weighted by Gasteiger charge is -2.52. The summed E-state index contributed by atoms with van der Waals surface area (Å²) < 4.78 is 14.4. The Bertz CT molecular complexity index is 1090. The van der Waals surface area contributed by atoms with Crippen molar-refractivity contribution in [2.24, 2.45) is 0 Å². The lowest BCUT2D eigenvalue weighted by atomic mass is 9.87. The fraction of sp³-hybridized carbons (Fsp3) is 0.367. The Morgan fingerprint density at radius 2 is 1.65 bits per heavy atom. The summed E-state index contributed by atoms with van der Waals surface area (Å²) >= 11 is 0. The van der Waals surface area contributed by atoms with Gasteiger partial charge in [-0.15, -0.1) is 0 Å². The molecule has 1 heterocycles. The van der Waals surface area contributed by atoms with Crippen LogP contribution < -0.4 is 5.32 Å². The minimum atomic E-state index is -0.228. The topological polar surface area (TPSA) is 29.1 Å². The van der Waals surface area contributed by atoms with Crippen molar-refractivity contribution in [3.8, 4) is 0 Å². The molecule has 0 aliphatic carbocycles. The monoisotopic (exact) mass is 459 g/mol. The molecule has 0 radical (unpaired) electrons. The van der Waals surface area contributed by atoms with Gasteiger partial charge in [0, 0.05) is 29.7 Å². The Labute approximate surface area is 203 Å². The fourth-order valence-corrected chi connectivity index (χ4v) is 5.90. The maximum absolute atomic E-state index is 14.0. The number of quaternary nitrogens is 1. The van der Waals surface area contributed by atoms with Crippen molar-refractivity contribution in [2.45, 2.75) is 65.1 Å². The molecule has 3 aromatic carbocycles. The average molecular weight is 460 g/mol. The van der Waals surface area contributed by atoms with Crippen LogP contribution in [0.15, 0.2) is 72.8 Å². The zero-order valence-corrected chi connectivity index (χ0v) is 20.6. The molecule has 0 bridgehead atoms. The van der Waals surface area contributed by atoms with Crippen LogP contribution in [0.4, 0.5) is 10.1 Å². The predicted octanol–water partition coefficient (Wildman–Crippen LogP) is 7.10. The third-order valence-electron chi connectivity index (χ3n) is 7.54. The van der Waals surface area contributed by atoms with Gasteiger partial charge in [-0.25, -0.2) is 4.39 Å². The van der Waals surface area contributed by atoms with E-state index >= 15 is 0 Å². The first-order chi connectivity index (χ1) is 16.4. The molecule has 3 atom stereocenters. The molecule has 1 aliphatic rings. The summed E-state index contributed by atoms with van der Waals surface area (Å²) in [4.78, 5) is 14.0. The summed E-state index contributed by atoms with van der Waals surface area (Å²) in [5, 5.41) is 3.30. The zero-order valence-electron chi connectivity index (χ0n) is 20.6. The molecule has 4 heteroatoms. The van der Waals surface area contributed by atoms with Crippen molar-refractivity contribution >= 4 is 11.6 Å². The number of likely N-dealkylation sites (tertiary alicyclic amines) is 1. The van der Waals surface area contributed by atoms with Crippen molar-refractivity contribution < 1.29 is 13.7 Å². The SMILES string of the molecule is CCC(C(=O)Nc1c(C)cccc1C)[N+]1(Cc2ccc(F)cc2)CCCCC1c1ccccc1. The summed E-state index contributed by atoms with van der Waals surface area (Å²) in [6.07, 6.45) is 4.01. The van der Waals surface area contributed by atoms with Gasteiger partial charge < -0.3 is 9.80 Å². The lowest BCUT2D eigenvalue weighted by molar-refractivity contribution is -0.987. The third kappa shape index (κ3) is 4.92. The Balaban J connectivity index is 1.78. The van der Waals surface area contributed by atoms with E-state index in [2.05, 4.69) is 36.5 Å². The van der Waals surface area contributed by atoms with Crippen molar-refractivity contribution in [1.29, 1.82) is 0 Å². The lowest BCUT2D eigenvalue weighted by Crippen LogP contribution is -2.62. The van der Waals surface area contributed by atoms with Crippen LogP contribution in [0.2, 0.25) is 0 Å². The van der Waals surface area contributed by atoms with Gasteiger partial charge in [-0.2, -0.15) is 0 Å². The number of benzene rings is 3. The maximum atomic E-state index is 14.0. The molecule has 178 valence electrons. The van der Waals surface area contributed by atoms with E-state index in [1.807, 2.05) is 50.2 Å². The van der Waals surface area contributed by atoms with Crippen molar-refractivity contribution in [1.82, 2.24) is 0 Å². The Morgan fingerprint density at radius 3 is 2.29 bits per heavy atom. The Kier molecular flexibility index (Phi) is 7.47. The van der Waals surface area contributed by atoms with Crippen LogP contribution in [-0.4, -0.2) is 23.0 Å². The normalized spacial score (nSPS) is 21.1. The van der Waals surface area contributed by atoms with E-state index in [4.69, 9.17) is 0 Å². The van der Waals surface area contributed by atoms with Crippen LogP contribution in [0.5, 0.6) is 0 Å². The number of piperidine rings is 1. The number of hydrogen-bond donors (Lipinski definition) is 1. The van der Waals surface area contributed by atoms with Crippen LogP contribution in [-0.2, 0) is 11.3 Å². The quantitative estimate of drug-likeness (QED) is 0.375. The molecule has 0 aromatic heterocycles. The molecule has 34 heavy (non-hydrogen) atoms. The molecule has 1 amide bonds. The van der Waals surface area contributed by atoms with Crippen LogP contribution >= 0.6 is 0 Å². The maximum Gasteiger partial charge on any atom is 0.282 e. The number of nitrogens with one attached hydrogen (secondary N) is 1. The number of carbonyl (C=O) groups excluding carboxylic acids is 1. The Hall–Kier alpha value is -2.98. The van der Waals surface area contributed by atoms with Gasteiger partial charge in [-0.05, 0) is 49.9 Å². The molecule has 0 spiro atoms. The number of hydrogen-bond acceptors (Lipinski definition) is 1. The van der Waals surface area contributed by atoms with E-state index in [0.29, 0.717) is 11.0 Å². The van der Waals surface area contributed by atoms with Gasteiger partial charge in [-0.3, -0.25) is 4.79 Å². The van der Waals surface area contributed by atoms with E-state index in [9.17, 15) is 9.18 Å². The minimum absolute atomic E-state index is 0.0739. The van der Waals surface area contributed by atoms with Gasteiger partial charge in [0.15, 0.2) is 6.04 Å². The average Bonchev–Trinajstić information content (AvgIpc) is 2.84. The molecule has 3 aromatic rings. The minimum Gasteiger partial charge on any atom is -0.320 e. The second kappa shape index (κ2) is 10.5. The molecular formula is C30H36FN2O+. The third-order valence-corrected chi connectivity index (χ3v) is 7.54. The number of anilines is 1. The predicted molar refractivity (Wildman–Crippen MR) is 137 cm³/mol. The van der Waals surface area contributed by atoms with Gasteiger partial charge >= 0.3 is 0 Å². The van der Waals surface area contributed by atoms with Gasteiger partial charge in [-0.1, -0.05) is 67.6 Å². The van der Waals surface area contributed by atoms with Gasteiger partial charge in [0.2, 0.25) is 0 Å². The van der Waals surface area contributed by atoms with Gasteiger partial charge in [0.05, 0.1) is 6.54 Å². The second-order valence-corrected chi connectivity index (χ2v) is 9.71. The molecule has 3 unspecified atom stereocenters. The molecule has 1 aliphatic heterocycles. The number of carbonyl (C=O) groups is 1. The van der Waals surface area contributed by atoms with E-state index in [1.54, 1.807) is 0 Å². The van der Waals surface area contributed by atoms with Gasteiger partial charge in [0.25, 0.3) is 5.91 Å². The molecule has 1 N–H and O–H groups in total. The smallest absolute Gasteiger partial charge is 0.282 e. The zero-order chi connectivity index (χ0) is 24.1. The summed E-state index contributed by atoms with van der Waals surface area (Å²) in [5.41, 5.74) is 5.42. The van der Waals surface area contributed by atoms with Crippen LogP contribution in [0.25, 0.3) is 0 Å². The number of rotatable bonds is 7. The highest BCUT2D eigenvalue weighted by Gasteiger charge is 2.48. The van der Waals surface area contributed by atoms with Crippen LogP contribution in [0, 0.1) is 19.7 Å². The van der Waals surface area contributed by atoms with E-state index in [1.165, 1.54) is 17.7 Å². The number of aryl methyl sites for hydroxylation is 2. The Morgan fingerprint density at radius 1 is 0.971 bits per heavy atom. The standard InChI is InChI=1S/C30H35FN2O/c1-4-27(30(34)32-29-22(2)11-10-12-23(29)3)33(21-24-16-18-26(31)19-17-24)20-9-8-15-28(33)25-13-6-5-7-14-25/h5-7,10-14,16-19,27-28H,4,8-9,15,20-21H2,1-3H3/p+1. The van der Waals surface area contributed by atoms with Gasteiger partial charge in [0.1, 0.15) is 18.4 Å². The van der Waals surface area contributed by atoms with E-state index in [0.717, 1.165) is 54.6 Å². The van der Waals surface area contributed by atoms with Crippen LogP contribution in [0.3, 0.4) is 0 Å². The molecular weight excluding hydrogens is 423 g/mol. The first-order valence-corrected chi connectivity index (χ1v) is 12.5. The fourth-order valence-electron chi connectivity index (χ4n) is 5.90. The van der Waals surface area contributed by atoms with Crippen molar-refractivity contribution in [3.05, 3.63) is 101 Å². The molecule has 3 nitrogen and oxygen atoms in total. The summed E-state index contributed by atoms with van der Waals surface area (Å²) in [6.45, 7) is 7.84. The molecule has 4 rings (SSSR count). The highest BCUT2D eigenvalue weighted by molar-refractivity contribution is 5.95. The van der Waals surface area contributed by atoms with E-state index < -0.39 is 0 Å². The number of para-hydroxylation sites is 1. The van der Waals surface area contributed by atoms with E-state index in [-0.39, 0.29) is 23.8 Å².